The van der Waals surface area contributed by atoms with Gasteiger partial charge in [-0.15, -0.1) is 0 Å². The van der Waals surface area contributed by atoms with Gasteiger partial charge in [0.15, 0.2) is 0 Å². The lowest BCUT2D eigenvalue weighted by Gasteiger charge is -2.24. The number of nitrogens with zero attached hydrogens (tertiary/aromatic N) is 2. The number of hydrogen-bond donors (Lipinski definition) is 1. The summed E-state index contributed by atoms with van der Waals surface area (Å²) in [5, 5.41) is 2.06. The molecule has 0 unspecified atom stereocenters. The molecule has 1 N–H and O–H groups in total. The molecule has 14 heavy (non-hydrogen) atoms. The van der Waals surface area contributed by atoms with Crippen molar-refractivity contribution in [3.8, 4) is 0 Å². The predicted octanol–water partition coefficient (Wildman–Crippen LogP) is 2.65. The maximum atomic E-state index is 4.20. The smallest absolute Gasteiger partial charge is 0.144 e. The first-order valence-electron chi connectivity index (χ1n) is 4.86. The molecule has 0 fully saturated rings. The molecule has 0 aliphatic carbocycles. The van der Waals surface area contributed by atoms with Gasteiger partial charge in [0.25, 0.3) is 0 Å². The summed E-state index contributed by atoms with van der Waals surface area (Å²) in [7, 11) is 0. The minimum atomic E-state index is 0.871. The number of allylic oxidation sites excluding steroid dienone is 2. The second-order valence-corrected chi connectivity index (χ2v) is 3.00. The molecule has 1 heterocycles. The van der Waals surface area contributed by atoms with Gasteiger partial charge in [0.2, 0.25) is 0 Å². The first kappa shape index (κ1) is 10.6. The van der Waals surface area contributed by atoms with Crippen molar-refractivity contribution in [3.05, 3.63) is 36.2 Å². The number of pyridine rings is 1. The van der Waals surface area contributed by atoms with Gasteiger partial charge in [0.1, 0.15) is 5.82 Å². The molecular weight excluding hydrogens is 174 g/mol. The third-order valence-electron chi connectivity index (χ3n) is 2.07. The molecule has 3 nitrogen and oxygen atoms in total. The molecule has 0 saturated heterocycles. The molecule has 1 rings (SSSR count). The number of nitrogens with one attached hydrogen (secondary N) is 1. The van der Waals surface area contributed by atoms with Crippen LogP contribution in [0.3, 0.4) is 0 Å². The van der Waals surface area contributed by atoms with E-state index in [1.807, 2.05) is 25.1 Å². The largest absolute Gasteiger partial charge is 0.292 e. The van der Waals surface area contributed by atoms with Gasteiger partial charge in [-0.2, -0.15) is 0 Å². The van der Waals surface area contributed by atoms with Gasteiger partial charge in [0.05, 0.1) is 0 Å². The Bertz CT molecular complexity index is 293. The molecule has 0 atom stereocenters. The highest BCUT2D eigenvalue weighted by Gasteiger charge is 2.01. The predicted molar refractivity (Wildman–Crippen MR) is 59.7 cm³/mol. The van der Waals surface area contributed by atoms with Crippen molar-refractivity contribution in [1.82, 2.24) is 9.99 Å². The van der Waals surface area contributed by atoms with Crippen molar-refractivity contribution >= 4 is 5.82 Å². The lowest BCUT2D eigenvalue weighted by Crippen LogP contribution is -2.28. The van der Waals surface area contributed by atoms with E-state index in [4.69, 9.17) is 0 Å². The Morgan fingerprint density at radius 1 is 1.57 bits per heavy atom. The van der Waals surface area contributed by atoms with Gasteiger partial charge in [0, 0.05) is 18.4 Å². The van der Waals surface area contributed by atoms with Gasteiger partial charge in [-0.05, 0) is 32.9 Å². The van der Waals surface area contributed by atoms with Gasteiger partial charge >= 0.3 is 0 Å². The van der Waals surface area contributed by atoms with Crippen LogP contribution in [-0.4, -0.2) is 16.5 Å². The van der Waals surface area contributed by atoms with Crippen molar-refractivity contribution in [2.45, 2.75) is 20.8 Å². The van der Waals surface area contributed by atoms with Crippen LogP contribution in [-0.2, 0) is 0 Å². The summed E-state index contributed by atoms with van der Waals surface area (Å²) in [4.78, 5) is 4.20. The van der Waals surface area contributed by atoms with Crippen LogP contribution in [0.1, 0.15) is 20.8 Å². The third kappa shape index (κ3) is 2.76. The van der Waals surface area contributed by atoms with Gasteiger partial charge in [-0.3, -0.25) is 10.4 Å². The average Bonchev–Trinajstić information content (AvgIpc) is 2.26. The highest BCUT2D eigenvalue weighted by molar-refractivity contribution is 5.32. The number of aromatic nitrogens is 1. The maximum absolute atomic E-state index is 4.20. The number of anilines is 1. The summed E-state index contributed by atoms with van der Waals surface area (Å²) in [5.41, 5.74) is 4.43. The Labute approximate surface area is 85.4 Å². The van der Waals surface area contributed by atoms with Crippen LogP contribution in [0, 0.1) is 0 Å². The van der Waals surface area contributed by atoms with Crippen molar-refractivity contribution < 1.29 is 0 Å². The fourth-order valence-corrected chi connectivity index (χ4v) is 1.14. The van der Waals surface area contributed by atoms with Crippen molar-refractivity contribution in [3.63, 3.8) is 0 Å². The van der Waals surface area contributed by atoms with E-state index < -0.39 is 0 Å². The van der Waals surface area contributed by atoms with Gasteiger partial charge in [-0.1, -0.05) is 12.1 Å². The Balaban J connectivity index is 2.67. The van der Waals surface area contributed by atoms with Gasteiger partial charge < -0.3 is 0 Å². The van der Waals surface area contributed by atoms with E-state index >= 15 is 0 Å². The summed E-state index contributed by atoms with van der Waals surface area (Å²) in [5.74, 6) is 0.871. The van der Waals surface area contributed by atoms with Crippen molar-refractivity contribution in [2.24, 2.45) is 0 Å². The lowest BCUT2D eigenvalue weighted by atomic mass is 10.4. The van der Waals surface area contributed by atoms with Crippen LogP contribution in [0.25, 0.3) is 0 Å². The molecule has 1 aromatic heterocycles. The summed E-state index contributed by atoms with van der Waals surface area (Å²) in [6.07, 6.45) is 3.85. The van der Waals surface area contributed by atoms with Crippen LogP contribution < -0.4 is 5.43 Å². The Hall–Kier alpha value is -1.51. The van der Waals surface area contributed by atoms with Crippen LogP contribution in [0.4, 0.5) is 5.82 Å². The summed E-state index contributed by atoms with van der Waals surface area (Å²) >= 11 is 0. The van der Waals surface area contributed by atoms with E-state index in [9.17, 15) is 0 Å². The molecule has 0 amide bonds. The maximum Gasteiger partial charge on any atom is 0.144 e. The molecule has 0 aromatic carbocycles. The quantitative estimate of drug-likeness (QED) is 0.741. The first-order valence-corrected chi connectivity index (χ1v) is 4.86. The zero-order valence-corrected chi connectivity index (χ0v) is 8.99. The molecule has 0 aliphatic heterocycles. The highest BCUT2D eigenvalue weighted by atomic mass is 15.5. The van der Waals surface area contributed by atoms with Crippen molar-refractivity contribution in [1.29, 1.82) is 0 Å². The minimum Gasteiger partial charge on any atom is -0.292 e. The van der Waals surface area contributed by atoms with E-state index in [-0.39, 0.29) is 0 Å². The molecular formula is C11H17N3. The molecule has 0 bridgehead atoms. The average molecular weight is 191 g/mol. The Morgan fingerprint density at radius 3 is 2.86 bits per heavy atom. The van der Waals surface area contributed by atoms with Crippen LogP contribution in [0.5, 0.6) is 0 Å². The summed E-state index contributed by atoms with van der Waals surface area (Å²) in [6.45, 7) is 7.10. The Morgan fingerprint density at radius 2 is 2.36 bits per heavy atom. The molecule has 0 spiro atoms. The molecule has 3 heteroatoms. The van der Waals surface area contributed by atoms with E-state index in [1.54, 1.807) is 6.20 Å². The standard InChI is InChI=1S/C11H17N3/c1-4-10(3)14(5-2)13-11-8-6-7-9-12-11/h4,6-9H,5H2,1-3H3,(H,12,13)/b10-4+. The first-order chi connectivity index (χ1) is 6.77. The number of hydrogen-bond acceptors (Lipinski definition) is 3. The second kappa shape index (κ2) is 5.27. The van der Waals surface area contributed by atoms with E-state index in [0.717, 1.165) is 12.4 Å². The SMILES string of the molecule is C/C=C(\C)N(CC)Nc1ccccn1. The number of rotatable bonds is 4. The van der Waals surface area contributed by atoms with E-state index in [1.165, 1.54) is 5.70 Å². The van der Waals surface area contributed by atoms with Crippen LogP contribution in [0.15, 0.2) is 36.2 Å². The molecule has 1 aromatic rings. The molecule has 76 valence electrons. The van der Waals surface area contributed by atoms with E-state index in [2.05, 4.69) is 35.3 Å². The van der Waals surface area contributed by atoms with E-state index in [0.29, 0.717) is 0 Å². The monoisotopic (exact) mass is 191 g/mol. The zero-order valence-electron chi connectivity index (χ0n) is 8.99. The normalized spacial score (nSPS) is 11.2. The van der Waals surface area contributed by atoms with Crippen molar-refractivity contribution in [2.75, 3.05) is 12.0 Å². The fourth-order valence-electron chi connectivity index (χ4n) is 1.14. The molecule has 0 saturated carbocycles. The molecule has 0 radical (unpaired) electrons. The molecule has 0 aliphatic rings. The minimum absolute atomic E-state index is 0.871. The zero-order chi connectivity index (χ0) is 10.4. The lowest BCUT2D eigenvalue weighted by molar-refractivity contribution is 0.432. The topological polar surface area (TPSA) is 28.2 Å². The van der Waals surface area contributed by atoms with Gasteiger partial charge in [-0.25, -0.2) is 4.98 Å². The Kier molecular flexibility index (Phi) is 3.98. The fraction of sp³-hybridized carbons (Fsp3) is 0.364. The highest BCUT2D eigenvalue weighted by Crippen LogP contribution is 2.07. The second-order valence-electron chi connectivity index (χ2n) is 3.00. The van der Waals surface area contributed by atoms with Crippen LogP contribution in [0.2, 0.25) is 0 Å². The van der Waals surface area contributed by atoms with Crippen LogP contribution >= 0.6 is 0 Å². The third-order valence-corrected chi connectivity index (χ3v) is 2.07. The summed E-state index contributed by atoms with van der Waals surface area (Å²) in [6, 6.07) is 5.82. The summed E-state index contributed by atoms with van der Waals surface area (Å²) < 4.78 is 0. The number of hydrazine groups is 1.